The SMILES string of the molecule is CC(C)OP(=O)(Oc1cccc(CC(=O)O)c1C(C)(C)CC(=O)N(Cc1nn(CC(F)(F)F)c2c(-c3ccc(C#CC(C)(C)S(C)(=O)=O)nc3[C@H](Cc3cc(F)cc(F)c3)NC(=O)Cn3nc(C(F)(F)F)c4c3C(F)(F)[C@@H]3C[C@H]43)ccc(Cl)c12)S(=O)[O-])OC(C)C. The summed E-state index contributed by atoms with van der Waals surface area (Å²) in [6.07, 6.45) is -13.6. The third-order valence-corrected chi connectivity index (χ3v) is 19.5. The lowest BCUT2D eigenvalue weighted by Gasteiger charge is -2.33. The Hall–Kier alpha value is -6.94. The highest BCUT2D eigenvalue weighted by Gasteiger charge is 2.68. The molecule has 1 saturated carbocycles. The minimum absolute atomic E-state index is 0.00691. The summed E-state index contributed by atoms with van der Waals surface area (Å²) in [6.45, 7) is 6.87. The maximum absolute atomic E-state index is 15.8. The van der Waals surface area contributed by atoms with Gasteiger partial charge in [0.05, 0.1) is 64.4 Å². The van der Waals surface area contributed by atoms with Crippen molar-refractivity contribution in [1.82, 2.24) is 34.2 Å². The van der Waals surface area contributed by atoms with Gasteiger partial charge < -0.3 is 19.5 Å². The molecule has 3 aromatic carbocycles. The van der Waals surface area contributed by atoms with Crippen LogP contribution < -0.4 is 9.84 Å². The van der Waals surface area contributed by atoms with Crippen molar-refractivity contribution in [2.75, 3.05) is 6.26 Å². The van der Waals surface area contributed by atoms with E-state index < -0.39 is 200 Å². The van der Waals surface area contributed by atoms with Crippen molar-refractivity contribution in [2.45, 2.75) is 153 Å². The second-order valence-corrected chi connectivity index (χ2v) is 28.9. The molecule has 33 heteroatoms. The average molecular weight is 1370 g/mol. The molecule has 2 aliphatic carbocycles. The molecule has 0 radical (unpaired) electrons. The Bertz CT molecular complexity index is 4110. The first kappa shape index (κ1) is 69.9. The summed E-state index contributed by atoms with van der Waals surface area (Å²) in [6, 6.07) is 8.79. The number of rotatable bonds is 23. The fourth-order valence-corrected chi connectivity index (χ4v) is 13.3. The number of phosphoric acid groups is 1. The van der Waals surface area contributed by atoms with E-state index in [1.54, 1.807) is 0 Å². The first-order valence-electron chi connectivity index (χ1n) is 27.6. The summed E-state index contributed by atoms with van der Waals surface area (Å²) >= 11 is 3.22. The summed E-state index contributed by atoms with van der Waals surface area (Å²) < 4.78 is 232. The molecular formula is C58H58ClF10N7O12PS2-. The van der Waals surface area contributed by atoms with E-state index in [9.17, 15) is 67.6 Å². The van der Waals surface area contributed by atoms with E-state index in [0.29, 0.717) is 10.7 Å². The van der Waals surface area contributed by atoms with Crippen LogP contribution in [0.2, 0.25) is 5.02 Å². The normalized spacial score (nSPS) is 16.5. The number of alkyl halides is 8. The van der Waals surface area contributed by atoms with E-state index >= 15 is 17.6 Å². The van der Waals surface area contributed by atoms with Crippen LogP contribution in [0.3, 0.4) is 0 Å². The minimum atomic E-state index is -5.26. The van der Waals surface area contributed by atoms with Crippen LogP contribution in [0, 0.1) is 29.4 Å². The first-order chi connectivity index (χ1) is 41.9. The lowest BCUT2D eigenvalue weighted by molar-refractivity contribution is -0.143. The van der Waals surface area contributed by atoms with Gasteiger partial charge in [-0.15, -0.1) is 0 Å². The highest BCUT2D eigenvalue weighted by molar-refractivity contribution is 7.92. The molecule has 4 atom stereocenters. The Morgan fingerprint density at radius 3 is 2.14 bits per heavy atom. The largest absolute Gasteiger partial charge is 0.755 e. The number of phosphoric ester groups is 1. The van der Waals surface area contributed by atoms with Gasteiger partial charge in [0.2, 0.25) is 11.8 Å². The van der Waals surface area contributed by atoms with Gasteiger partial charge in [0.1, 0.15) is 46.6 Å². The van der Waals surface area contributed by atoms with Gasteiger partial charge in [0.15, 0.2) is 15.5 Å². The van der Waals surface area contributed by atoms with Crippen LogP contribution in [-0.4, -0.2) is 98.3 Å². The number of aliphatic carboxylic acids is 1. The molecule has 3 heterocycles. The van der Waals surface area contributed by atoms with Crippen molar-refractivity contribution in [3.05, 3.63) is 128 Å². The number of aromatic nitrogens is 5. The lowest BCUT2D eigenvalue weighted by Crippen LogP contribution is -2.37. The Labute approximate surface area is 522 Å². The standard InChI is InChI=1S/C58H59ClF10N7O12PS2/c1-29(2)86-89(81,87-30(3)4)88-43-12-10-11-32(22-46(79)80)49(43)54(5,6)25-45(78)76(90(82)83)26-42-48-40(59)16-15-37(51(48)75(72-42)28-56(62,63)64)36-14-13-35(17-18-55(7,8)91(9,84)85)70-50(36)41(21-31-19-33(60)23-34(61)20-31)71-44(77)27-74-53-47(52(73-74)58(67,68)69)38-24-39(38)57(53,65)66/h10-16,19-20,23,29-30,38-39,41H,21-22,24-28H2,1-9H3,(H,71,77)(H,79,80)(H,82,83)/p-1/t38-,39+,41-/m0/s1. The molecule has 3 aromatic heterocycles. The Balaban J connectivity index is 1.28. The molecule has 91 heavy (non-hydrogen) atoms. The van der Waals surface area contributed by atoms with Crippen molar-refractivity contribution in [3.8, 4) is 28.7 Å². The van der Waals surface area contributed by atoms with E-state index in [0.717, 1.165) is 42.7 Å². The van der Waals surface area contributed by atoms with Crippen LogP contribution in [0.4, 0.5) is 43.9 Å². The molecule has 2 aliphatic rings. The monoisotopic (exact) mass is 1360 g/mol. The number of hydrogen-bond acceptors (Lipinski definition) is 14. The third kappa shape index (κ3) is 15.6. The molecule has 0 saturated heterocycles. The zero-order chi connectivity index (χ0) is 67.6. The Morgan fingerprint density at radius 2 is 1.57 bits per heavy atom. The average Bonchev–Trinajstić information content (AvgIpc) is 1.52. The van der Waals surface area contributed by atoms with Crippen LogP contribution in [0.25, 0.3) is 22.0 Å². The van der Waals surface area contributed by atoms with Crippen LogP contribution in [0.5, 0.6) is 5.75 Å². The Kier molecular flexibility index (Phi) is 19.6. The van der Waals surface area contributed by atoms with Crippen molar-refractivity contribution in [3.63, 3.8) is 0 Å². The molecule has 2 N–H and O–H groups in total. The summed E-state index contributed by atoms with van der Waals surface area (Å²) in [5.74, 6) is -8.12. The quantitative estimate of drug-likeness (QED) is 0.0262. The first-order valence-corrected chi connectivity index (χ1v) is 32.4. The maximum atomic E-state index is 15.8. The zero-order valence-corrected chi connectivity index (χ0v) is 52.9. The molecule has 1 unspecified atom stereocenters. The number of fused-ring (bicyclic) bond motifs is 4. The summed E-state index contributed by atoms with van der Waals surface area (Å²) in [5.41, 5.74) is -8.25. The zero-order valence-electron chi connectivity index (χ0n) is 49.7. The topological polar surface area (TPSA) is 254 Å². The van der Waals surface area contributed by atoms with Crippen LogP contribution >= 0.6 is 19.4 Å². The number of pyridine rings is 1. The number of halogens is 11. The number of carboxylic acids is 1. The fraction of sp³-hybridized carbons (Fsp3) is 0.448. The molecular weight excluding hydrogens is 1310 g/mol. The number of hydrogen-bond donors (Lipinski definition) is 2. The van der Waals surface area contributed by atoms with Crippen molar-refractivity contribution >= 4 is 69.2 Å². The molecule has 8 rings (SSSR count). The van der Waals surface area contributed by atoms with E-state index in [4.69, 9.17) is 25.2 Å². The molecule has 0 bridgehead atoms. The molecule has 19 nitrogen and oxygen atoms in total. The third-order valence-electron chi connectivity index (χ3n) is 14.8. The number of carbonyl (C=O) groups excluding carboxylic acids is 2. The Morgan fingerprint density at radius 1 is 0.945 bits per heavy atom. The van der Waals surface area contributed by atoms with Gasteiger partial charge in [-0.2, -0.15) is 45.3 Å². The number of sulfone groups is 1. The number of nitrogens with zero attached hydrogens (tertiary/aromatic N) is 6. The number of benzene rings is 3. The van der Waals surface area contributed by atoms with Crippen LogP contribution in [0.15, 0.2) is 60.7 Å². The highest BCUT2D eigenvalue weighted by atomic mass is 35.5. The number of amides is 2. The maximum Gasteiger partial charge on any atom is 0.530 e. The van der Waals surface area contributed by atoms with Gasteiger partial charge in [-0.25, -0.2) is 26.7 Å². The van der Waals surface area contributed by atoms with E-state index in [1.807, 2.05) is 0 Å². The molecule has 6 aromatic rings. The van der Waals surface area contributed by atoms with Crippen LogP contribution in [0.1, 0.15) is 131 Å². The van der Waals surface area contributed by atoms with Gasteiger partial charge in [-0.05, 0) is 114 Å². The van der Waals surface area contributed by atoms with Crippen LogP contribution in [-0.2, 0) is 99.1 Å². The predicted octanol–water partition coefficient (Wildman–Crippen LogP) is 11.7. The molecule has 492 valence electrons. The van der Waals surface area contributed by atoms with Gasteiger partial charge in [-0.3, -0.25) is 41.3 Å². The number of carboxylic acid groups (broad SMARTS) is 1. The lowest BCUT2D eigenvalue weighted by atomic mass is 9.77. The van der Waals surface area contributed by atoms with E-state index in [2.05, 4.69) is 32.3 Å². The molecule has 0 spiro atoms. The molecule has 0 aliphatic heterocycles. The second-order valence-electron chi connectivity index (χ2n) is 23.6. The predicted molar refractivity (Wildman–Crippen MR) is 308 cm³/mol. The van der Waals surface area contributed by atoms with Gasteiger partial charge in [0.25, 0.3) is 5.92 Å². The fourth-order valence-electron chi connectivity index (χ4n) is 10.8. The summed E-state index contributed by atoms with van der Waals surface area (Å²) in [5, 5.41) is 19.1. The van der Waals surface area contributed by atoms with Crippen molar-refractivity contribution in [1.29, 1.82) is 0 Å². The highest BCUT2D eigenvalue weighted by Crippen LogP contribution is 2.68. The molecule has 2 amide bonds. The number of carbonyl (C=O) groups is 3. The smallest absolute Gasteiger partial charge is 0.530 e. The van der Waals surface area contributed by atoms with E-state index in [-0.39, 0.29) is 54.7 Å². The summed E-state index contributed by atoms with van der Waals surface area (Å²) in [7, 11) is -8.50. The number of nitrogens with one attached hydrogen (secondary N) is 1. The van der Waals surface area contributed by atoms with E-state index in [1.165, 1.54) is 73.6 Å². The van der Waals surface area contributed by atoms with Gasteiger partial charge in [0, 0.05) is 57.7 Å². The summed E-state index contributed by atoms with van der Waals surface area (Å²) in [4.78, 5) is 45.8. The molecule has 1 fully saturated rings. The van der Waals surface area contributed by atoms with Gasteiger partial charge >= 0.3 is 26.1 Å². The second kappa shape index (κ2) is 25.5. The minimum Gasteiger partial charge on any atom is -0.755 e. The van der Waals surface area contributed by atoms with Crippen molar-refractivity contribution < 1.29 is 98.7 Å². The van der Waals surface area contributed by atoms with Crippen molar-refractivity contribution in [2.24, 2.45) is 5.92 Å². The van der Waals surface area contributed by atoms with Gasteiger partial charge in [-0.1, -0.05) is 49.6 Å².